The molecular weight excluding hydrogens is 288 g/mol. The lowest BCUT2D eigenvalue weighted by Crippen LogP contribution is -1.90. The fourth-order valence-electron chi connectivity index (χ4n) is 2.96. The monoisotopic (exact) mass is 305 g/mol. The molecule has 0 aliphatic rings. The van der Waals surface area contributed by atoms with Gasteiger partial charge in [-0.3, -0.25) is 0 Å². The summed E-state index contributed by atoms with van der Waals surface area (Å²) in [5, 5.41) is 2.73. The number of fused-ring (bicyclic) bond motifs is 3. The Labute approximate surface area is 132 Å². The molecule has 0 aliphatic heterocycles. The summed E-state index contributed by atoms with van der Waals surface area (Å²) in [4.78, 5) is 1.32. The van der Waals surface area contributed by atoms with E-state index in [9.17, 15) is 0 Å². The number of hydrogen-bond donors (Lipinski definition) is 0. The minimum absolute atomic E-state index is 0.0344. The van der Waals surface area contributed by atoms with Crippen LogP contribution in [0.2, 0.25) is 0 Å². The van der Waals surface area contributed by atoms with Crippen LogP contribution in [-0.2, 0) is 0 Å². The van der Waals surface area contributed by atoms with Gasteiger partial charge in [-0.15, -0.1) is 0 Å². The standard InChI is InChI=1S/C20H17OS/c1-2-21-15-8-7-9-16(14-15)22-19-12-5-3-10-17(19)18-11-4-6-13-20(18)22/h3-14H,2H2,1H3/q+1. The second-order valence-electron chi connectivity index (χ2n) is 5.21. The maximum atomic E-state index is 5.69. The van der Waals surface area contributed by atoms with Crippen LogP contribution in [-0.4, -0.2) is 6.61 Å². The van der Waals surface area contributed by atoms with E-state index in [0.717, 1.165) is 5.75 Å². The van der Waals surface area contributed by atoms with Gasteiger partial charge in [0.1, 0.15) is 5.75 Å². The Morgan fingerprint density at radius 1 is 0.773 bits per heavy atom. The first-order valence-corrected chi connectivity index (χ1v) is 8.76. The zero-order valence-corrected chi connectivity index (χ0v) is 13.3. The molecule has 1 aromatic heterocycles. The molecule has 1 heterocycles. The Bertz CT molecular complexity index is 899. The lowest BCUT2D eigenvalue weighted by atomic mass is 10.2. The summed E-state index contributed by atoms with van der Waals surface area (Å²) in [5.41, 5.74) is 0. The van der Waals surface area contributed by atoms with Gasteiger partial charge in [-0.25, -0.2) is 0 Å². The normalized spacial score (nSPS) is 11.1. The number of thiophene rings is 1. The molecule has 2 heteroatoms. The van der Waals surface area contributed by atoms with Gasteiger partial charge in [0.25, 0.3) is 0 Å². The topological polar surface area (TPSA) is 9.23 Å². The van der Waals surface area contributed by atoms with Crippen molar-refractivity contribution in [1.29, 1.82) is 0 Å². The summed E-state index contributed by atoms with van der Waals surface area (Å²) in [6.07, 6.45) is 0. The predicted octanol–water partition coefficient (Wildman–Crippen LogP) is 6.13. The molecule has 1 nitrogen and oxygen atoms in total. The Morgan fingerprint density at radius 2 is 1.41 bits per heavy atom. The third kappa shape index (κ3) is 2.08. The smallest absolute Gasteiger partial charge is 0.187 e. The number of rotatable bonds is 3. The lowest BCUT2D eigenvalue weighted by Gasteiger charge is -2.02. The summed E-state index contributed by atoms with van der Waals surface area (Å²) in [7, 11) is -0.0344. The van der Waals surface area contributed by atoms with Crippen LogP contribution in [0.1, 0.15) is 6.92 Å². The Balaban J connectivity index is 2.06. The van der Waals surface area contributed by atoms with Crippen LogP contribution >= 0.6 is 10.5 Å². The average Bonchev–Trinajstić information content (AvgIpc) is 2.90. The molecule has 0 aliphatic carbocycles. The maximum Gasteiger partial charge on any atom is 0.187 e. The molecule has 0 bridgehead atoms. The van der Waals surface area contributed by atoms with E-state index in [1.165, 1.54) is 25.1 Å². The van der Waals surface area contributed by atoms with E-state index in [-0.39, 0.29) is 10.5 Å². The summed E-state index contributed by atoms with van der Waals surface area (Å²) in [6.45, 7) is 2.72. The molecule has 0 radical (unpaired) electrons. The summed E-state index contributed by atoms with van der Waals surface area (Å²) in [5.74, 6) is 0.953. The van der Waals surface area contributed by atoms with Crippen LogP contribution in [0.3, 0.4) is 0 Å². The van der Waals surface area contributed by atoms with E-state index in [1.807, 2.05) is 13.0 Å². The summed E-state index contributed by atoms with van der Waals surface area (Å²) in [6, 6.07) is 26.0. The Hall–Kier alpha value is -2.32. The van der Waals surface area contributed by atoms with Gasteiger partial charge in [0, 0.05) is 27.3 Å². The van der Waals surface area contributed by atoms with Crippen molar-refractivity contribution in [2.75, 3.05) is 6.61 Å². The van der Waals surface area contributed by atoms with Gasteiger partial charge in [-0.2, -0.15) is 0 Å². The van der Waals surface area contributed by atoms with Crippen LogP contribution in [0.15, 0.2) is 72.8 Å². The lowest BCUT2D eigenvalue weighted by molar-refractivity contribution is 0.340. The molecular formula is C20H17OS+. The summed E-state index contributed by atoms with van der Waals surface area (Å²) < 4.78 is 8.51. The van der Waals surface area contributed by atoms with Crippen LogP contribution in [0.4, 0.5) is 0 Å². The predicted molar refractivity (Wildman–Crippen MR) is 96.4 cm³/mol. The second-order valence-corrected chi connectivity index (χ2v) is 7.17. The molecule has 0 saturated carbocycles. The highest BCUT2D eigenvalue weighted by Crippen LogP contribution is 2.48. The Morgan fingerprint density at radius 3 is 2.05 bits per heavy atom. The van der Waals surface area contributed by atoms with Gasteiger partial charge >= 0.3 is 0 Å². The van der Waals surface area contributed by atoms with E-state index < -0.39 is 0 Å². The van der Waals surface area contributed by atoms with Crippen molar-refractivity contribution in [3.05, 3.63) is 72.8 Å². The van der Waals surface area contributed by atoms with Crippen molar-refractivity contribution in [3.8, 4) is 10.6 Å². The molecule has 0 spiro atoms. The number of benzene rings is 3. The van der Waals surface area contributed by atoms with E-state index in [0.29, 0.717) is 6.61 Å². The largest absolute Gasteiger partial charge is 0.494 e. The minimum atomic E-state index is -0.0344. The number of ether oxygens (including phenoxy) is 1. The third-order valence-electron chi connectivity index (χ3n) is 3.86. The van der Waals surface area contributed by atoms with E-state index in [1.54, 1.807) is 0 Å². The highest BCUT2D eigenvalue weighted by Gasteiger charge is 2.23. The fourth-order valence-corrected chi connectivity index (χ4v) is 5.38. The minimum Gasteiger partial charge on any atom is -0.494 e. The van der Waals surface area contributed by atoms with Gasteiger partial charge in [-0.1, -0.05) is 30.3 Å². The molecule has 0 unspecified atom stereocenters. The molecule has 3 aromatic carbocycles. The molecule has 0 N–H and O–H groups in total. The van der Waals surface area contributed by atoms with Gasteiger partial charge in [0.15, 0.2) is 14.3 Å². The SMILES string of the molecule is CCOc1cccc(-[s+]2c3ccccc3c3ccccc32)c1. The van der Waals surface area contributed by atoms with E-state index in [2.05, 4.69) is 66.7 Å². The first-order chi connectivity index (χ1) is 10.9. The average molecular weight is 305 g/mol. The van der Waals surface area contributed by atoms with Crippen molar-refractivity contribution in [2.45, 2.75) is 6.92 Å². The van der Waals surface area contributed by atoms with Gasteiger partial charge in [0.2, 0.25) is 0 Å². The fraction of sp³-hybridized carbons (Fsp3) is 0.100. The molecule has 0 saturated heterocycles. The molecule has 22 heavy (non-hydrogen) atoms. The van der Waals surface area contributed by atoms with E-state index >= 15 is 0 Å². The van der Waals surface area contributed by atoms with Crippen LogP contribution in [0.25, 0.3) is 25.1 Å². The maximum absolute atomic E-state index is 5.69. The Kier molecular flexibility index (Phi) is 3.32. The molecule has 4 rings (SSSR count). The quantitative estimate of drug-likeness (QED) is 0.414. The molecule has 0 atom stereocenters. The first kappa shape index (κ1) is 13.4. The molecule has 108 valence electrons. The summed E-state index contributed by atoms with van der Waals surface area (Å²) >= 11 is 0. The second kappa shape index (κ2) is 5.47. The van der Waals surface area contributed by atoms with Gasteiger partial charge in [0.05, 0.1) is 6.61 Å². The molecule has 0 fully saturated rings. The first-order valence-electron chi connectivity index (χ1n) is 7.54. The van der Waals surface area contributed by atoms with Crippen molar-refractivity contribution in [2.24, 2.45) is 0 Å². The molecule has 4 aromatic rings. The zero-order chi connectivity index (χ0) is 14.9. The van der Waals surface area contributed by atoms with Crippen LogP contribution in [0.5, 0.6) is 5.75 Å². The third-order valence-corrected chi connectivity index (χ3v) is 6.17. The van der Waals surface area contributed by atoms with Crippen molar-refractivity contribution < 1.29 is 4.74 Å². The van der Waals surface area contributed by atoms with Crippen LogP contribution < -0.4 is 4.74 Å². The number of hydrogen-bond acceptors (Lipinski definition) is 1. The van der Waals surface area contributed by atoms with Gasteiger partial charge in [-0.05, 0) is 43.3 Å². The van der Waals surface area contributed by atoms with Crippen molar-refractivity contribution in [1.82, 2.24) is 0 Å². The van der Waals surface area contributed by atoms with E-state index in [4.69, 9.17) is 4.74 Å². The zero-order valence-electron chi connectivity index (χ0n) is 12.5. The highest BCUT2D eigenvalue weighted by molar-refractivity contribution is 7.50. The van der Waals surface area contributed by atoms with Crippen molar-refractivity contribution >= 4 is 30.6 Å². The van der Waals surface area contributed by atoms with Gasteiger partial charge < -0.3 is 4.74 Å². The molecule has 0 amide bonds. The van der Waals surface area contributed by atoms with Crippen molar-refractivity contribution in [3.63, 3.8) is 0 Å². The van der Waals surface area contributed by atoms with Crippen LogP contribution in [0, 0.1) is 0 Å². The highest BCUT2D eigenvalue weighted by atomic mass is 32.2.